The minimum absolute atomic E-state index is 0. The zero-order valence-corrected chi connectivity index (χ0v) is 12.5. The number of hydrogen-bond acceptors (Lipinski definition) is 11. The Morgan fingerprint density at radius 3 is 1.81 bits per heavy atom. The third kappa shape index (κ3) is 8.03. The molecule has 0 amide bonds. The second-order valence-corrected chi connectivity index (χ2v) is 5.05. The van der Waals surface area contributed by atoms with Gasteiger partial charge >= 0.3 is 53.4 Å². The van der Waals surface area contributed by atoms with Gasteiger partial charge in [0.15, 0.2) is 11.7 Å². The van der Waals surface area contributed by atoms with E-state index in [1.807, 2.05) is 0 Å². The van der Waals surface area contributed by atoms with E-state index in [-0.39, 0.29) is 29.6 Å². The molecule has 0 aromatic carbocycles. The van der Waals surface area contributed by atoms with Crippen molar-refractivity contribution >= 4 is 53.4 Å². The number of aliphatic hydroxyl groups is 6. The van der Waals surface area contributed by atoms with Gasteiger partial charge in [-0.3, -0.25) is 9.59 Å². The Morgan fingerprint density at radius 1 is 0.923 bits per heavy atom. The van der Waals surface area contributed by atoms with Crippen molar-refractivity contribution in [2.75, 3.05) is 6.61 Å². The zero-order valence-electron chi connectivity index (χ0n) is 12.5. The van der Waals surface area contributed by atoms with E-state index >= 15 is 0 Å². The maximum absolute atomic E-state index is 11.4. The third-order valence-electron chi connectivity index (χ3n) is 2.99. The summed E-state index contributed by atoms with van der Waals surface area (Å²) in [6.45, 7) is -1.03. The van der Waals surface area contributed by atoms with Gasteiger partial charge in [-0.05, 0) is 0 Å². The normalized spacial score (nSPS) is 17.6. The topological polar surface area (TPSA) is 239 Å². The molecule has 0 aliphatic heterocycles. The van der Waals surface area contributed by atoms with Crippen LogP contribution in [0.4, 0.5) is 0 Å². The minimum atomic E-state index is -3.08. The first-order valence-electron chi connectivity index (χ1n) is 6.61. The van der Waals surface area contributed by atoms with Crippen LogP contribution in [0.2, 0.25) is 0 Å². The van der Waals surface area contributed by atoms with Crippen LogP contribution in [0.15, 0.2) is 0 Å². The van der Waals surface area contributed by atoms with E-state index in [2.05, 4.69) is 4.74 Å². The van der Waals surface area contributed by atoms with Gasteiger partial charge in [-0.15, -0.1) is 0 Å². The molecule has 0 spiro atoms. The van der Waals surface area contributed by atoms with Crippen LogP contribution in [0.25, 0.3) is 0 Å². The number of carboxylic acid groups (broad SMARTS) is 2. The molecule has 0 bridgehead atoms. The number of ether oxygens (including phenoxy) is 1. The molecule has 26 heavy (non-hydrogen) atoms. The fourth-order valence-corrected chi connectivity index (χ4v) is 1.57. The van der Waals surface area contributed by atoms with Gasteiger partial charge in [0.2, 0.25) is 0 Å². The van der Waals surface area contributed by atoms with Crippen LogP contribution in [0, 0.1) is 0 Å². The molecule has 0 saturated heterocycles. The molecule has 0 aromatic rings. The van der Waals surface area contributed by atoms with E-state index in [1.54, 1.807) is 0 Å². The summed E-state index contributed by atoms with van der Waals surface area (Å²) in [5.74, 6) is -7.45. The first kappa shape index (κ1) is 27.1. The molecule has 13 nitrogen and oxygen atoms in total. The predicted octanol–water partition coefficient (Wildman–Crippen LogP) is -5.48. The van der Waals surface area contributed by atoms with Gasteiger partial charge in [0, 0.05) is 0 Å². The van der Waals surface area contributed by atoms with E-state index in [4.69, 9.17) is 20.4 Å². The molecule has 1 unspecified atom stereocenters. The summed E-state index contributed by atoms with van der Waals surface area (Å²) < 4.78 is 3.96. The monoisotopic (exact) mass is 394 g/mol. The van der Waals surface area contributed by atoms with Crippen molar-refractivity contribution in [2.45, 2.75) is 42.9 Å². The van der Waals surface area contributed by atoms with Crippen molar-refractivity contribution < 1.29 is 64.8 Å². The molecule has 8 N–H and O–H groups in total. The van der Waals surface area contributed by atoms with Crippen molar-refractivity contribution in [3.8, 4) is 0 Å². The molecule has 0 radical (unpaired) electrons. The van der Waals surface area contributed by atoms with E-state index in [0.29, 0.717) is 0 Å². The summed E-state index contributed by atoms with van der Waals surface area (Å²) in [6, 6.07) is 0. The first-order valence-corrected chi connectivity index (χ1v) is 6.61. The molecule has 0 rings (SSSR count). The number of carbonyl (C=O) groups excluding carboxylic acids is 2. The number of esters is 2. The van der Waals surface area contributed by atoms with Gasteiger partial charge in [-0.2, -0.15) is 0 Å². The molecule has 0 fully saturated rings. The summed E-state index contributed by atoms with van der Waals surface area (Å²) in [4.78, 5) is 44.2. The fraction of sp³-hybridized carbons (Fsp3) is 0.667. The van der Waals surface area contributed by atoms with Gasteiger partial charge in [-0.25, -0.2) is 9.59 Å². The quantitative estimate of drug-likeness (QED) is 0.0981. The maximum atomic E-state index is 11.4. The van der Waals surface area contributed by atoms with E-state index in [1.165, 1.54) is 0 Å². The van der Waals surface area contributed by atoms with Gasteiger partial charge in [0.05, 0.1) is 19.4 Å². The van der Waals surface area contributed by atoms with Crippen LogP contribution >= 0.6 is 0 Å². The van der Waals surface area contributed by atoms with Gasteiger partial charge < -0.3 is 45.6 Å². The van der Waals surface area contributed by atoms with E-state index in [9.17, 15) is 39.6 Å². The summed E-state index contributed by atoms with van der Waals surface area (Å²) in [6.07, 6.45) is -11.9. The zero-order chi connectivity index (χ0) is 19.9. The second-order valence-electron chi connectivity index (χ2n) is 5.05. The van der Waals surface area contributed by atoms with Crippen LogP contribution in [0.5, 0.6) is 0 Å². The van der Waals surface area contributed by atoms with Crippen LogP contribution in [0.3, 0.4) is 0 Å². The van der Waals surface area contributed by atoms with Crippen molar-refractivity contribution in [1.29, 1.82) is 0 Å². The number of carbonyl (C=O) groups is 4. The SMILES string of the molecule is O=C(O)CC(O)(CC(=O)OC(=O)[C@H](O)[C@@H](O)[C@H](O)[C@H](O)CO)C(=O)O.[NaH]. The number of carboxylic acids is 2. The van der Waals surface area contributed by atoms with Crippen LogP contribution in [0.1, 0.15) is 12.8 Å². The average Bonchev–Trinajstić information content (AvgIpc) is 2.50. The van der Waals surface area contributed by atoms with Crippen LogP contribution in [-0.2, 0) is 23.9 Å². The summed E-state index contributed by atoms with van der Waals surface area (Å²) in [7, 11) is 0. The van der Waals surface area contributed by atoms with Gasteiger partial charge in [0.25, 0.3) is 0 Å². The van der Waals surface area contributed by atoms with Crippen LogP contribution < -0.4 is 0 Å². The predicted molar refractivity (Wildman–Crippen MR) is 78.8 cm³/mol. The number of rotatable bonds is 10. The van der Waals surface area contributed by atoms with Crippen LogP contribution in [-0.4, -0.2) is 131 Å². The molecule has 0 saturated carbocycles. The molecular formula is C12H19NaO13. The third-order valence-corrected chi connectivity index (χ3v) is 2.99. The van der Waals surface area contributed by atoms with Crippen molar-refractivity contribution in [3.63, 3.8) is 0 Å². The molecule has 0 heterocycles. The molecule has 0 aromatic heterocycles. The van der Waals surface area contributed by atoms with E-state index < -0.39 is 73.3 Å². The molecule has 0 aliphatic carbocycles. The Hall–Kier alpha value is -1.16. The van der Waals surface area contributed by atoms with Gasteiger partial charge in [0.1, 0.15) is 18.3 Å². The Labute approximate surface area is 167 Å². The average molecular weight is 394 g/mol. The molecule has 14 heteroatoms. The number of aliphatic hydroxyl groups excluding tert-OH is 5. The first-order chi connectivity index (χ1) is 11.4. The molecule has 0 aliphatic rings. The second kappa shape index (κ2) is 11.5. The summed E-state index contributed by atoms with van der Waals surface area (Å²) in [5, 5.41) is 72.6. The molecule has 146 valence electrons. The Kier molecular flexibility index (Phi) is 12.0. The van der Waals surface area contributed by atoms with E-state index in [0.717, 1.165) is 0 Å². The standard InChI is InChI=1S/C12H18O13.Na.H/c13-3-4(14)7(18)8(19)9(20)10(21)25-6(17)2-12(24,11(22)23)1-5(15)16;;/h4,7-9,13-14,18-20,24H,1-3H2,(H,15,16)(H,22,23);;/t4-,7-,8+,9-,12?;;/m1../s1. The van der Waals surface area contributed by atoms with Crippen molar-refractivity contribution in [3.05, 3.63) is 0 Å². The van der Waals surface area contributed by atoms with Gasteiger partial charge in [-0.1, -0.05) is 0 Å². The Balaban J connectivity index is 0. The number of aliphatic carboxylic acids is 2. The summed E-state index contributed by atoms with van der Waals surface area (Å²) >= 11 is 0. The molecular weight excluding hydrogens is 375 g/mol. The Bertz CT molecular complexity index is 523. The van der Waals surface area contributed by atoms with Crippen molar-refractivity contribution in [2.24, 2.45) is 0 Å². The van der Waals surface area contributed by atoms with Crippen molar-refractivity contribution in [1.82, 2.24) is 0 Å². The Morgan fingerprint density at radius 2 is 1.42 bits per heavy atom. The summed E-state index contributed by atoms with van der Waals surface area (Å²) in [5.41, 5.74) is -3.08. The molecule has 5 atom stereocenters. The number of hydrogen-bond donors (Lipinski definition) is 8. The fourth-order valence-electron chi connectivity index (χ4n) is 1.57.